The fraction of sp³-hybridized carbons (Fsp3) is 0.320. The number of nitriles is 1. The summed E-state index contributed by atoms with van der Waals surface area (Å²) in [6.07, 6.45) is 1.67. The molecule has 2 amide bonds. The molecule has 36 heavy (non-hydrogen) atoms. The van der Waals surface area contributed by atoms with Crippen molar-refractivity contribution in [3.05, 3.63) is 66.4 Å². The Morgan fingerprint density at radius 2 is 1.67 bits per heavy atom. The Hall–Kier alpha value is -2.94. The van der Waals surface area contributed by atoms with Crippen LogP contribution in [0.1, 0.15) is 31.9 Å². The lowest BCUT2D eigenvalue weighted by Crippen LogP contribution is -2.73. The number of amides is 2. The summed E-state index contributed by atoms with van der Waals surface area (Å²) in [5.41, 5.74) is -0.138. The first kappa shape index (κ1) is 23.5. The number of para-hydroxylation sites is 1. The molecule has 0 radical (unpaired) electrons. The first-order chi connectivity index (χ1) is 17.0. The van der Waals surface area contributed by atoms with E-state index in [2.05, 4.69) is 6.07 Å². The van der Waals surface area contributed by atoms with Crippen LogP contribution >= 0.6 is 21.6 Å². The molecule has 11 heteroatoms. The summed E-state index contributed by atoms with van der Waals surface area (Å²) in [6, 6.07) is 16.8. The largest absolute Gasteiger partial charge is 0.319 e. The first-order valence-electron chi connectivity index (χ1n) is 11.3. The van der Waals surface area contributed by atoms with Gasteiger partial charge in [-0.05, 0) is 32.0 Å². The van der Waals surface area contributed by atoms with Gasteiger partial charge in [-0.2, -0.15) is 5.26 Å². The Labute approximate surface area is 216 Å². The number of benzene rings is 2. The van der Waals surface area contributed by atoms with Crippen LogP contribution in [0.2, 0.25) is 0 Å². The van der Waals surface area contributed by atoms with E-state index in [0.29, 0.717) is 16.5 Å². The quantitative estimate of drug-likeness (QED) is 0.465. The van der Waals surface area contributed by atoms with E-state index in [1.165, 1.54) is 48.8 Å². The zero-order valence-corrected chi connectivity index (χ0v) is 22.2. The van der Waals surface area contributed by atoms with E-state index < -0.39 is 31.2 Å². The van der Waals surface area contributed by atoms with Crippen molar-refractivity contribution in [2.45, 2.75) is 40.9 Å². The van der Waals surface area contributed by atoms with Crippen LogP contribution in [0.25, 0.3) is 10.9 Å². The van der Waals surface area contributed by atoms with Gasteiger partial charge in [0.05, 0.1) is 27.9 Å². The van der Waals surface area contributed by atoms with Gasteiger partial charge in [-0.3, -0.25) is 9.59 Å². The molecule has 3 aromatic rings. The Balaban J connectivity index is 1.62. The number of piperazine rings is 1. The molecule has 4 fully saturated rings. The number of carbonyl (C=O) groups excluding carboxylic acids is 2. The summed E-state index contributed by atoms with van der Waals surface area (Å²) in [6.45, 7) is 3.47. The van der Waals surface area contributed by atoms with Crippen molar-refractivity contribution in [1.29, 1.82) is 5.26 Å². The van der Waals surface area contributed by atoms with Gasteiger partial charge in [-0.1, -0.05) is 58.0 Å². The predicted octanol–water partition coefficient (Wildman–Crippen LogP) is 3.96. The highest BCUT2D eigenvalue weighted by Crippen LogP contribution is 2.69. The lowest BCUT2D eigenvalue weighted by Gasteiger charge is -2.57. The van der Waals surface area contributed by atoms with Crippen LogP contribution in [0.4, 0.5) is 0 Å². The standard InChI is InChI=1S/C25H22N4O4S3/c1-23(15-26)14-25-22(31)27(3)24(2,34-35-25)21(30)29(25)20(23)18-13-28(19-12-8-7-11-17(18)19)36(32,33)16-9-5-4-6-10-16/h4-13,20H,14H2,1-3H3/t20-,23+,24-,25-/m0/s1. The maximum absolute atomic E-state index is 14.0. The van der Waals surface area contributed by atoms with Gasteiger partial charge in [0.15, 0.2) is 9.74 Å². The second-order valence-corrected chi connectivity index (χ2v) is 14.4. The van der Waals surface area contributed by atoms with E-state index in [-0.39, 0.29) is 23.1 Å². The molecule has 7 rings (SSSR count). The Bertz CT molecular complexity index is 1610. The highest BCUT2D eigenvalue weighted by Gasteiger charge is 2.75. The van der Waals surface area contributed by atoms with E-state index in [1.807, 2.05) is 0 Å². The van der Waals surface area contributed by atoms with Gasteiger partial charge in [0.1, 0.15) is 0 Å². The minimum Gasteiger partial charge on any atom is -0.319 e. The topological polar surface area (TPSA) is 103 Å². The summed E-state index contributed by atoms with van der Waals surface area (Å²) in [7, 11) is 0.339. The average Bonchev–Trinajstić information content (AvgIpc) is 3.39. The summed E-state index contributed by atoms with van der Waals surface area (Å²) in [5, 5.41) is 11.0. The second-order valence-electron chi connectivity index (χ2n) is 9.80. The molecule has 2 bridgehead atoms. The molecule has 4 aliphatic heterocycles. The van der Waals surface area contributed by atoms with Crippen LogP contribution in [-0.4, -0.2) is 50.8 Å². The first-order valence-corrected chi connectivity index (χ1v) is 14.9. The van der Waals surface area contributed by atoms with Gasteiger partial charge >= 0.3 is 0 Å². The third-order valence-corrected chi connectivity index (χ3v) is 13.0. The minimum absolute atomic E-state index is 0.132. The normalized spacial score (nSPS) is 31.7. The molecule has 0 unspecified atom stereocenters. The van der Waals surface area contributed by atoms with Gasteiger partial charge in [-0.15, -0.1) is 0 Å². The monoisotopic (exact) mass is 538 g/mol. The highest BCUT2D eigenvalue weighted by atomic mass is 33.1. The van der Waals surface area contributed by atoms with Gasteiger partial charge in [-0.25, -0.2) is 12.4 Å². The zero-order chi connectivity index (χ0) is 25.7. The maximum atomic E-state index is 14.0. The zero-order valence-electron chi connectivity index (χ0n) is 19.7. The van der Waals surface area contributed by atoms with Crippen molar-refractivity contribution >= 4 is 54.3 Å². The number of fused-ring (bicyclic) bond motifs is 3. The van der Waals surface area contributed by atoms with Gasteiger partial charge in [0.2, 0.25) is 0 Å². The molecule has 4 atom stereocenters. The Kier molecular flexibility index (Phi) is 4.76. The molecule has 0 N–H and O–H groups in total. The second kappa shape index (κ2) is 7.31. The summed E-state index contributed by atoms with van der Waals surface area (Å²) < 4.78 is 28.6. The van der Waals surface area contributed by atoms with Crippen LogP contribution in [0.3, 0.4) is 0 Å². The molecule has 4 aliphatic rings. The molecular formula is C25H22N4O4S3. The number of hydrogen-bond acceptors (Lipinski definition) is 7. The van der Waals surface area contributed by atoms with Gasteiger partial charge in [0.25, 0.3) is 21.8 Å². The molecule has 8 nitrogen and oxygen atoms in total. The number of likely N-dealkylation sites (N-methyl/N-ethyl adjacent to an activating group) is 1. The molecule has 184 valence electrons. The molecule has 0 aliphatic carbocycles. The SMILES string of the molecule is CN1C(=O)[C@@]23C[C@](C)(C#N)[C@H](c4cn(S(=O)(=O)c5ccccc5)c5ccccc45)N2C(=O)[C@]1(C)SS3. The van der Waals surface area contributed by atoms with Crippen LogP contribution < -0.4 is 0 Å². The number of nitrogens with zero attached hydrogens (tertiary/aromatic N) is 4. The number of hydrogen-bond donors (Lipinski definition) is 0. The summed E-state index contributed by atoms with van der Waals surface area (Å²) in [4.78, 5) is 28.4. The van der Waals surface area contributed by atoms with Crippen molar-refractivity contribution in [2.75, 3.05) is 7.05 Å². The van der Waals surface area contributed by atoms with E-state index in [9.17, 15) is 23.3 Å². The molecule has 4 saturated heterocycles. The number of rotatable bonds is 3. The average molecular weight is 539 g/mol. The van der Waals surface area contributed by atoms with E-state index >= 15 is 0 Å². The predicted molar refractivity (Wildman–Crippen MR) is 138 cm³/mol. The van der Waals surface area contributed by atoms with E-state index in [4.69, 9.17) is 0 Å². The molecule has 2 aromatic carbocycles. The van der Waals surface area contributed by atoms with Crippen molar-refractivity contribution in [1.82, 2.24) is 13.8 Å². The van der Waals surface area contributed by atoms with Crippen LogP contribution in [0, 0.1) is 16.7 Å². The lowest BCUT2D eigenvalue weighted by atomic mass is 9.79. The lowest BCUT2D eigenvalue weighted by molar-refractivity contribution is -0.164. The molecular weight excluding hydrogens is 517 g/mol. The van der Waals surface area contributed by atoms with Crippen molar-refractivity contribution in [3.63, 3.8) is 0 Å². The summed E-state index contributed by atoms with van der Waals surface area (Å²) in [5.74, 6) is -0.460. The van der Waals surface area contributed by atoms with Gasteiger partial charge in [0, 0.05) is 30.6 Å². The summed E-state index contributed by atoms with van der Waals surface area (Å²) >= 11 is 0. The van der Waals surface area contributed by atoms with Crippen LogP contribution in [-0.2, 0) is 19.6 Å². The Morgan fingerprint density at radius 1 is 1.00 bits per heavy atom. The maximum Gasteiger partial charge on any atom is 0.268 e. The van der Waals surface area contributed by atoms with Gasteiger partial charge < -0.3 is 9.80 Å². The third-order valence-electron chi connectivity index (χ3n) is 7.65. The van der Waals surface area contributed by atoms with Crippen LogP contribution in [0.5, 0.6) is 0 Å². The highest BCUT2D eigenvalue weighted by molar-refractivity contribution is 8.78. The molecule has 1 aromatic heterocycles. The molecule has 0 saturated carbocycles. The van der Waals surface area contributed by atoms with Crippen molar-refractivity contribution in [3.8, 4) is 6.07 Å². The minimum atomic E-state index is -3.96. The Morgan fingerprint density at radius 3 is 2.36 bits per heavy atom. The van der Waals surface area contributed by atoms with Crippen molar-refractivity contribution < 1.29 is 18.0 Å². The van der Waals surface area contributed by atoms with E-state index in [0.717, 1.165) is 0 Å². The van der Waals surface area contributed by atoms with Crippen molar-refractivity contribution in [2.24, 2.45) is 5.41 Å². The third kappa shape index (κ3) is 2.69. The van der Waals surface area contributed by atoms with Crippen LogP contribution in [0.15, 0.2) is 65.7 Å². The fourth-order valence-electron chi connectivity index (χ4n) is 5.68. The molecule has 5 heterocycles. The molecule has 1 spiro atoms. The number of aromatic nitrogens is 1. The fourth-order valence-corrected chi connectivity index (χ4v) is 10.7. The number of carbonyl (C=O) groups is 2. The smallest absolute Gasteiger partial charge is 0.268 e. The van der Waals surface area contributed by atoms with E-state index in [1.54, 1.807) is 68.3 Å².